The van der Waals surface area contributed by atoms with Crippen LogP contribution >= 0.6 is 0 Å². The molecule has 0 saturated carbocycles. The van der Waals surface area contributed by atoms with Gasteiger partial charge in [-0.1, -0.05) is 18.6 Å². The number of ether oxygens (including phenoxy) is 1. The molecule has 1 fully saturated rings. The van der Waals surface area contributed by atoms with Crippen molar-refractivity contribution in [2.45, 2.75) is 45.7 Å². The first kappa shape index (κ1) is 22.7. The van der Waals surface area contributed by atoms with E-state index in [-0.39, 0.29) is 17.6 Å². The van der Waals surface area contributed by atoms with Crippen LogP contribution in [0.2, 0.25) is 0 Å². The summed E-state index contributed by atoms with van der Waals surface area (Å²) in [6.07, 6.45) is 7.79. The number of nitrogens with one attached hydrogen (secondary N) is 1. The highest BCUT2D eigenvalue weighted by molar-refractivity contribution is 5.75. The quantitative estimate of drug-likeness (QED) is 0.569. The Hall–Kier alpha value is -3.46. The second kappa shape index (κ2) is 9.99. The van der Waals surface area contributed by atoms with E-state index in [1.807, 2.05) is 42.9 Å². The summed E-state index contributed by atoms with van der Waals surface area (Å²) in [6, 6.07) is 6.42. The molecule has 1 amide bonds. The zero-order valence-corrected chi connectivity index (χ0v) is 19.4. The predicted molar refractivity (Wildman–Crippen MR) is 127 cm³/mol. The van der Waals surface area contributed by atoms with Crippen molar-refractivity contribution < 1.29 is 9.53 Å². The van der Waals surface area contributed by atoms with Crippen LogP contribution < -0.4 is 15.8 Å². The molecule has 9 heteroatoms. The normalized spacial score (nSPS) is 14.9. The Kier molecular flexibility index (Phi) is 6.88. The Bertz CT molecular complexity index is 1120. The van der Waals surface area contributed by atoms with Gasteiger partial charge in [0.25, 0.3) is 5.88 Å². The third-order valence-corrected chi connectivity index (χ3v) is 5.87. The Morgan fingerprint density at radius 1 is 1.24 bits per heavy atom. The highest BCUT2D eigenvalue weighted by Gasteiger charge is 2.20. The third kappa shape index (κ3) is 5.67. The van der Waals surface area contributed by atoms with Crippen molar-refractivity contribution in [3.8, 4) is 22.9 Å². The Labute approximate surface area is 194 Å². The first-order valence-corrected chi connectivity index (χ1v) is 11.3. The van der Waals surface area contributed by atoms with Crippen molar-refractivity contribution in [3.63, 3.8) is 0 Å². The van der Waals surface area contributed by atoms with Gasteiger partial charge in [0.2, 0.25) is 5.91 Å². The highest BCUT2D eigenvalue weighted by atomic mass is 16.5. The summed E-state index contributed by atoms with van der Waals surface area (Å²) in [7, 11) is 2.14. The maximum Gasteiger partial charge on any atom is 0.263 e. The standard InChI is InChI=1S/C24H31N7O2/c1-4-22(32)26-12-17-9-16(2)10-18(11-17)21-14-27-23(25)24(29-21)33-20-13-28-31(15-20)19-5-7-30(3)8-6-19/h9-11,13-15,19H,4-8,12H2,1-3H3,(H2,25,27)(H,26,32). The van der Waals surface area contributed by atoms with Crippen LogP contribution in [-0.2, 0) is 11.3 Å². The van der Waals surface area contributed by atoms with E-state index in [0.29, 0.717) is 30.5 Å². The lowest BCUT2D eigenvalue weighted by atomic mass is 10.0. The van der Waals surface area contributed by atoms with Gasteiger partial charge in [-0.05, 0) is 57.6 Å². The summed E-state index contributed by atoms with van der Waals surface area (Å²) in [5.74, 6) is 1.06. The number of likely N-dealkylation sites (tertiary alicyclic amines) is 1. The number of amides is 1. The van der Waals surface area contributed by atoms with Crippen LogP contribution in [0.1, 0.15) is 43.4 Å². The molecule has 1 aromatic carbocycles. The molecule has 9 nitrogen and oxygen atoms in total. The molecule has 4 rings (SSSR count). The van der Waals surface area contributed by atoms with Crippen LogP contribution in [0.5, 0.6) is 11.6 Å². The molecule has 0 atom stereocenters. The van der Waals surface area contributed by atoms with Crippen molar-refractivity contribution in [1.29, 1.82) is 0 Å². The van der Waals surface area contributed by atoms with Crippen molar-refractivity contribution in [3.05, 3.63) is 47.9 Å². The first-order valence-electron chi connectivity index (χ1n) is 11.3. The fraction of sp³-hybridized carbons (Fsp3) is 0.417. The molecule has 0 aliphatic carbocycles. The van der Waals surface area contributed by atoms with E-state index in [4.69, 9.17) is 10.5 Å². The van der Waals surface area contributed by atoms with Gasteiger partial charge in [-0.25, -0.2) is 9.97 Å². The third-order valence-electron chi connectivity index (χ3n) is 5.87. The number of nitrogen functional groups attached to an aromatic ring is 1. The molecule has 0 radical (unpaired) electrons. The van der Waals surface area contributed by atoms with Crippen LogP contribution in [0.25, 0.3) is 11.3 Å². The minimum Gasteiger partial charge on any atom is -0.433 e. The van der Waals surface area contributed by atoms with Gasteiger partial charge >= 0.3 is 0 Å². The number of benzene rings is 1. The summed E-state index contributed by atoms with van der Waals surface area (Å²) >= 11 is 0. The molecular weight excluding hydrogens is 418 g/mol. The van der Waals surface area contributed by atoms with Crippen LogP contribution in [-0.4, -0.2) is 50.7 Å². The van der Waals surface area contributed by atoms with E-state index in [2.05, 4.69) is 32.3 Å². The molecule has 33 heavy (non-hydrogen) atoms. The molecule has 3 heterocycles. The van der Waals surface area contributed by atoms with E-state index in [0.717, 1.165) is 42.6 Å². The number of rotatable bonds is 7. The number of carbonyl (C=O) groups is 1. The molecule has 1 aliphatic heterocycles. The van der Waals surface area contributed by atoms with Gasteiger partial charge in [0.1, 0.15) is 0 Å². The average Bonchev–Trinajstić information content (AvgIpc) is 3.27. The second-order valence-corrected chi connectivity index (χ2v) is 8.58. The number of nitrogens with zero attached hydrogens (tertiary/aromatic N) is 5. The summed E-state index contributed by atoms with van der Waals surface area (Å²) < 4.78 is 7.93. The van der Waals surface area contributed by atoms with Crippen LogP contribution in [0.15, 0.2) is 36.8 Å². The summed E-state index contributed by atoms with van der Waals surface area (Å²) in [4.78, 5) is 22.9. The molecule has 1 aliphatic rings. The molecular formula is C24H31N7O2. The minimum atomic E-state index is 0.0156. The molecule has 0 unspecified atom stereocenters. The lowest BCUT2D eigenvalue weighted by Crippen LogP contribution is -2.31. The smallest absolute Gasteiger partial charge is 0.263 e. The predicted octanol–water partition coefficient (Wildman–Crippen LogP) is 3.32. The van der Waals surface area contributed by atoms with Gasteiger partial charge in [0, 0.05) is 18.5 Å². The molecule has 1 saturated heterocycles. The molecule has 3 N–H and O–H groups in total. The zero-order chi connectivity index (χ0) is 23.4. The summed E-state index contributed by atoms with van der Waals surface area (Å²) in [5.41, 5.74) is 9.65. The molecule has 0 bridgehead atoms. The maximum atomic E-state index is 11.6. The molecule has 3 aromatic rings. The fourth-order valence-corrected chi connectivity index (χ4v) is 3.98. The van der Waals surface area contributed by atoms with Crippen molar-refractivity contribution in [2.75, 3.05) is 25.9 Å². The number of piperidine rings is 1. The van der Waals surface area contributed by atoms with Gasteiger partial charge < -0.3 is 20.7 Å². The lowest BCUT2D eigenvalue weighted by Gasteiger charge is -2.28. The van der Waals surface area contributed by atoms with Crippen molar-refractivity contribution in [2.24, 2.45) is 0 Å². The molecule has 2 aromatic heterocycles. The van der Waals surface area contributed by atoms with Crippen molar-refractivity contribution in [1.82, 2.24) is 30.0 Å². The number of hydrogen-bond donors (Lipinski definition) is 2. The molecule has 0 spiro atoms. The largest absolute Gasteiger partial charge is 0.433 e. The zero-order valence-electron chi connectivity index (χ0n) is 19.4. The van der Waals surface area contributed by atoms with Crippen LogP contribution in [0.3, 0.4) is 0 Å². The molecule has 174 valence electrons. The van der Waals surface area contributed by atoms with Gasteiger partial charge in [0.05, 0.1) is 30.3 Å². The minimum absolute atomic E-state index is 0.0156. The number of aromatic nitrogens is 4. The fourth-order valence-electron chi connectivity index (χ4n) is 3.98. The average molecular weight is 450 g/mol. The maximum absolute atomic E-state index is 11.6. The van der Waals surface area contributed by atoms with E-state index in [9.17, 15) is 4.79 Å². The lowest BCUT2D eigenvalue weighted by molar-refractivity contribution is -0.120. The van der Waals surface area contributed by atoms with E-state index >= 15 is 0 Å². The topological polar surface area (TPSA) is 111 Å². The summed E-state index contributed by atoms with van der Waals surface area (Å²) in [5, 5.41) is 7.39. The SMILES string of the molecule is CCC(=O)NCc1cc(C)cc(-c2cnc(N)c(Oc3cnn(C4CCN(C)CC4)c3)n2)c1. The van der Waals surface area contributed by atoms with Crippen LogP contribution in [0, 0.1) is 6.92 Å². The van der Waals surface area contributed by atoms with E-state index < -0.39 is 0 Å². The first-order chi connectivity index (χ1) is 15.9. The Morgan fingerprint density at radius 2 is 2.03 bits per heavy atom. The number of nitrogens with two attached hydrogens (primary N) is 1. The Morgan fingerprint density at radius 3 is 2.79 bits per heavy atom. The monoisotopic (exact) mass is 449 g/mol. The number of hydrogen-bond acceptors (Lipinski definition) is 7. The van der Waals surface area contributed by atoms with E-state index in [1.54, 1.807) is 12.4 Å². The number of anilines is 1. The number of aryl methyl sites for hydroxylation is 1. The summed E-state index contributed by atoms with van der Waals surface area (Å²) in [6.45, 7) is 6.42. The Balaban J connectivity index is 1.52. The van der Waals surface area contributed by atoms with Gasteiger partial charge in [0.15, 0.2) is 11.6 Å². The highest BCUT2D eigenvalue weighted by Crippen LogP contribution is 2.29. The van der Waals surface area contributed by atoms with Gasteiger partial charge in [-0.15, -0.1) is 0 Å². The second-order valence-electron chi connectivity index (χ2n) is 8.58. The van der Waals surface area contributed by atoms with Gasteiger partial charge in [-0.3, -0.25) is 9.48 Å². The number of carbonyl (C=O) groups excluding carboxylic acids is 1. The van der Waals surface area contributed by atoms with Crippen molar-refractivity contribution >= 4 is 11.7 Å². The van der Waals surface area contributed by atoms with Crippen LogP contribution in [0.4, 0.5) is 5.82 Å². The van der Waals surface area contributed by atoms with Gasteiger partial charge in [-0.2, -0.15) is 5.10 Å². The van der Waals surface area contributed by atoms with E-state index in [1.165, 1.54) is 0 Å².